The van der Waals surface area contributed by atoms with Gasteiger partial charge in [0.25, 0.3) is 5.91 Å². The first-order valence-corrected chi connectivity index (χ1v) is 14.2. The van der Waals surface area contributed by atoms with E-state index in [1.807, 2.05) is 55.5 Å². The van der Waals surface area contributed by atoms with Crippen LogP contribution in [0.2, 0.25) is 0 Å². The Balaban J connectivity index is 1.27. The van der Waals surface area contributed by atoms with Gasteiger partial charge in [0.2, 0.25) is 5.91 Å². The highest BCUT2D eigenvalue weighted by Gasteiger charge is 2.34. The van der Waals surface area contributed by atoms with Crippen molar-refractivity contribution in [2.75, 3.05) is 37.0 Å². The van der Waals surface area contributed by atoms with Crippen LogP contribution in [0.15, 0.2) is 60.8 Å². The van der Waals surface area contributed by atoms with Crippen molar-refractivity contribution in [2.24, 2.45) is 0 Å². The summed E-state index contributed by atoms with van der Waals surface area (Å²) < 4.78 is 10.9. The van der Waals surface area contributed by atoms with Crippen molar-refractivity contribution in [1.29, 1.82) is 0 Å². The molecule has 210 valence electrons. The van der Waals surface area contributed by atoms with Gasteiger partial charge >= 0.3 is 6.03 Å². The number of pyridine rings is 1. The van der Waals surface area contributed by atoms with Crippen LogP contribution in [-0.2, 0) is 9.53 Å². The summed E-state index contributed by atoms with van der Waals surface area (Å²) >= 11 is 1.24. The second-order valence-electron chi connectivity index (χ2n) is 10.0. The second-order valence-corrected chi connectivity index (χ2v) is 11.0. The number of carbonyl (C=O) groups is 3. The molecule has 1 atom stereocenters. The number of benzene rings is 2. The number of hydrogen-bond acceptors (Lipinski definition) is 7. The monoisotopic (exact) mass is 571 g/mol. The summed E-state index contributed by atoms with van der Waals surface area (Å²) in [7, 11) is 1.49. The highest BCUT2D eigenvalue weighted by molar-refractivity contribution is 7.21. The van der Waals surface area contributed by atoms with Crippen molar-refractivity contribution in [3.63, 3.8) is 0 Å². The molecule has 0 aliphatic carbocycles. The fraction of sp³-hybridized carbons (Fsp3) is 0.267. The first-order chi connectivity index (χ1) is 19.9. The van der Waals surface area contributed by atoms with Crippen molar-refractivity contribution in [3.8, 4) is 11.5 Å². The Kier molecular flexibility index (Phi) is 7.29. The molecule has 1 fully saturated rings. The van der Waals surface area contributed by atoms with Gasteiger partial charge in [-0.1, -0.05) is 18.2 Å². The van der Waals surface area contributed by atoms with E-state index in [0.717, 1.165) is 24.2 Å². The number of methoxy groups -OCH3 is 1. The van der Waals surface area contributed by atoms with E-state index in [0.29, 0.717) is 51.0 Å². The summed E-state index contributed by atoms with van der Waals surface area (Å²) in [4.78, 5) is 48.2. The fourth-order valence-electron chi connectivity index (χ4n) is 5.34. The van der Waals surface area contributed by atoms with Crippen LogP contribution >= 0.6 is 11.3 Å². The Morgan fingerprint density at radius 1 is 1.12 bits per heavy atom. The van der Waals surface area contributed by atoms with Gasteiger partial charge in [0.05, 0.1) is 22.4 Å². The number of piperidine rings is 1. The van der Waals surface area contributed by atoms with Crippen LogP contribution in [0.25, 0.3) is 10.2 Å². The number of ether oxygens (including phenoxy) is 2. The molecule has 0 radical (unpaired) electrons. The number of urea groups is 1. The Bertz CT molecular complexity index is 1640. The molecule has 1 saturated heterocycles. The van der Waals surface area contributed by atoms with E-state index < -0.39 is 0 Å². The molecule has 10 nitrogen and oxygen atoms in total. The standard InChI is InChI=1S/C30H29N5O5S/c1-18-15-21(40-20-8-4-3-5-9-20)10-11-22(18)35-23-12-13-31-29-25(23)26(33-30(35)38)27(41-29)28(37)32-19-7-6-14-34(16-19)24(36)17-39-2/h3-5,8-13,15,19H,6-7,14,16-17H2,1-2H3,(H,32,37)(H,33,38)/t19-/m1/s1. The van der Waals surface area contributed by atoms with E-state index in [2.05, 4.69) is 15.6 Å². The van der Waals surface area contributed by atoms with Gasteiger partial charge in [-0.25, -0.2) is 9.78 Å². The first kappa shape index (κ1) is 26.7. The van der Waals surface area contributed by atoms with E-state index >= 15 is 0 Å². The molecule has 2 aliphatic rings. The molecular weight excluding hydrogens is 542 g/mol. The van der Waals surface area contributed by atoms with Crippen LogP contribution in [0, 0.1) is 6.92 Å². The number of likely N-dealkylation sites (tertiary alicyclic amines) is 1. The number of aryl methyl sites for hydroxylation is 1. The Hall–Kier alpha value is -4.48. The largest absolute Gasteiger partial charge is 0.457 e. The number of nitrogens with zero attached hydrogens (tertiary/aromatic N) is 3. The average molecular weight is 572 g/mol. The minimum Gasteiger partial charge on any atom is -0.457 e. The minimum atomic E-state index is -0.369. The van der Waals surface area contributed by atoms with Gasteiger partial charge in [0.15, 0.2) is 0 Å². The normalized spacial score (nSPS) is 16.4. The zero-order valence-corrected chi connectivity index (χ0v) is 23.5. The number of amides is 4. The fourth-order valence-corrected chi connectivity index (χ4v) is 6.36. The third-order valence-corrected chi connectivity index (χ3v) is 8.31. The average Bonchev–Trinajstić information content (AvgIpc) is 3.34. The van der Waals surface area contributed by atoms with Crippen molar-refractivity contribution < 1.29 is 23.9 Å². The second kappa shape index (κ2) is 11.2. The maximum atomic E-state index is 13.5. The molecule has 0 unspecified atom stereocenters. The molecule has 4 heterocycles. The molecule has 6 rings (SSSR count). The van der Waals surface area contributed by atoms with Gasteiger partial charge < -0.3 is 25.0 Å². The number of aromatic nitrogens is 1. The van der Waals surface area contributed by atoms with Gasteiger partial charge in [-0.3, -0.25) is 14.5 Å². The predicted molar refractivity (Wildman–Crippen MR) is 157 cm³/mol. The highest BCUT2D eigenvalue weighted by Crippen LogP contribution is 2.46. The van der Waals surface area contributed by atoms with Crippen LogP contribution in [0.3, 0.4) is 0 Å². The van der Waals surface area contributed by atoms with Crippen LogP contribution < -0.4 is 20.3 Å². The summed E-state index contributed by atoms with van der Waals surface area (Å²) in [5.41, 5.74) is 2.65. The summed E-state index contributed by atoms with van der Waals surface area (Å²) in [5.74, 6) is 0.990. The summed E-state index contributed by atoms with van der Waals surface area (Å²) in [6.45, 7) is 2.99. The lowest BCUT2D eigenvalue weighted by Crippen LogP contribution is -2.50. The van der Waals surface area contributed by atoms with Gasteiger partial charge in [-0.15, -0.1) is 11.3 Å². The molecule has 11 heteroatoms. The molecule has 2 aliphatic heterocycles. The lowest BCUT2D eigenvalue weighted by Gasteiger charge is -2.33. The van der Waals surface area contributed by atoms with Gasteiger partial charge in [-0.05, 0) is 61.7 Å². The van der Waals surface area contributed by atoms with E-state index in [1.54, 1.807) is 22.1 Å². The van der Waals surface area contributed by atoms with Crippen LogP contribution in [-0.4, -0.2) is 60.6 Å². The smallest absolute Gasteiger partial charge is 0.331 e. The molecule has 4 aromatic rings. The molecule has 2 aromatic heterocycles. The number of anilines is 3. The Morgan fingerprint density at radius 3 is 2.73 bits per heavy atom. The summed E-state index contributed by atoms with van der Waals surface area (Å²) in [5, 5.41) is 6.73. The van der Waals surface area contributed by atoms with Crippen molar-refractivity contribution in [3.05, 3.63) is 71.2 Å². The molecule has 0 bridgehead atoms. The maximum absolute atomic E-state index is 13.5. The number of nitrogens with one attached hydrogen (secondary N) is 2. The highest BCUT2D eigenvalue weighted by atomic mass is 32.1. The van der Waals surface area contributed by atoms with E-state index in [4.69, 9.17) is 9.47 Å². The maximum Gasteiger partial charge on any atom is 0.331 e. The third-order valence-electron chi connectivity index (χ3n) is 7.22. The molecule has 2 aromatic carbocycles. The number of para-hydroxylation sites is 1. The summed E-state index contributed by atoms with van der Waals surface area (Å²) in [6.07, 6.45) is 3.19. The van der Waals surface area contributed by atoms with Gasteiger partial charge in [0, 0.05) is 32.4 Å². The molecule has 0 saturated carbocycles. The zero-order chi connectivity index (χ0) is 28.5. The minimum absolute atomic E-state index is 0.0142. The van der Waals surface area contributed by atoms with E-state index in [1.165, 1.54) is 18.4 Å². The van der Waals surface area contributed by atoms with Gasteiger partial charge in [0.1, 0.15) is 27.8 Å². The van der Waals surface area contributed by atoms with Gasteiger partial charge in [-0.2, -0.15) is 0 Å². The lowest BCUT2D eigenvalue weighted by molar-refractivity contribution is -0.136. The zero-order valence-electron chi connectivity index (χ0n) is 22.7. The summed E-state index contributed by atoms with van der Waals surface area (Å²) in [6, 6.07) is 16.3. The van der Waals surface area contributed by atoms with Crippen LogP contribution in [0.1, 0.15) is 28.1 Å². The van der Waals surface area contributed by atoms with Crippen LogP contribution in [0.4, 0.5) is 21.9 Å². The molecule has 0 spiro atoms. The van der Waals surface area contributed by atoms with Crippen LogP contribution in [0.5, 0.6) is 11.5 Å². The molecule has 2 N–H and O–H groups in total. The predicted octanol–water partition coefficient (Wildman–Crippen LogP) is 5.45. The number of thiophene rings is 1. The van der Waals surface area contributed by atoms with E-state index in [9.17, 15) is 14.4 Å². The number of rotatable bonds is 7. The molecular formula is C30H29N5O5S. The van der Waals surface area contributed by atoms with Crippen molar-refractivity contribution >= 4 is 56.5 Å². The molecule has 41 heavy (non-hydrogen) atoms. The third kappa shape index (κ3) is 5.21. The molecule has 4 amide bonds. The SMILES string of the molecule is COCC(=O)N1CCC[C@@H](NC(=O)c2sc3nccc4c3c2NC(=O)N4c2ccc(Oc3ccccc3)cc2C)C1. The van der Waals surface area contributed by atoms with Crippen molar-refractivity contribution in [1.82, 2.24) is 15.2 Å². The Labute approximate surface area is 240 Å². The first-order valence-electron chi connectivity index (χ1n) is 13.4. The topological polar surface area (TPSA) is 113 Å². The Morgan fingerprint density at radius 2 is 1.95 bits per heavy atom. The quantitative estimate of drug-likeness (QED) is 0.305. The van der Waals surface area contributed by atoms with Crippen molar-refractivity contribution in [2.45, 2.75) is 25.8 Å². The lowest BCUT2D eigenvalue weighted by atomic mass is 10.1. The van der Waals surface area contributed by atoms with E-state index in [-0.39, 0.29) is 30.5 Å². The number of carbonyl (C=O) groups excluding carboxylic acids is 3. The number of hydrogen-bond donors (Lipinski definition) is 2.